The van der Waals surface area contributed by atoms with Crippen LogP contribution in [0.4, 0.5) is 0 Å². The fraction of sp³-hybridized carbons (Fsp3) is 0.0408. The van der Waals surface area contributed by atoms with Gasteiger partial charge < -0.3 is 9.15 Å². The van der Waals surface area contributed by atoms with Crippen molar-refractivity contribution in [2.24, 2.45) is 0 Å². The van der Waals surface area contributed by atoms with Crippen LogP contribution in [0.2, 0.25) is 0 Å². The van der Waals surface area contributed by atoms with E-state index >= 15 is 0 Å². The summed E-state index contributed by atoms with van der Waals surface area (Å²) in [5, 5.41) is 1.95. The maximum Gasteiger partial charge on any atom is 0.164 e. The quantitative estimate of drug-likeness (QED) is 0.180. The summed E-state index contributed by atoms with van der Waals surface area (Å²) in [6.07, 6.45) is 4.32. The number of hydrogen-bond acceptors (Lipinski definition) is 5. The number of para-hydroxylation sites is 2. The lowest BCUT2D eigenvalue weighted by Crippen LogP contribution is -2.20. The zero-order valence-corrected chi connectivity index (χ0v) is 29.1. The lowest BCUT2D eigenvalue weighted by atomic mass is 9.81. The number of furan rings is 1. The topological polar surface area (TPSA) is 61.0 Å². The largest absolute Gasteiger partial charge is 0.484 e. The van der Waals surface area contributed by atoms with E-state index in [9.17, 15) is 0 Å². The fourth-order valence-electron chi connectivity index (χ4n) is 8.19. The van der Waals surface area contributed by atoms with Crippen LogP contribution in [0.25, 0.3) is 84.4 Å². The summed E-state index contributed by atoms with van der Waals surface area (Å²) in [6, 6.07) is 56.4. The average molecular weight is 694 g/mol. The zero-order chi connectivity index (χ0) is 35.6. The minimum absolute atomic E-state index is 0.0519. The highest BCUT2D eigenvalue weighted by atomic mass is 16.5. The first-order valence-corrected chi connectivity index (χ1v) is 18.3. The first-order chi connectivity index (χ1) is 26.8. The molecule has 0 radical (unpaired) electrons. The predicted octanol–water partition coefficient (Wildman–Crippen LogP) is 12.0. The molecule has 54 heavy (non-hydrogen) atoms. The van der Waals surface area contributed by atoms with Crippen molar-refractivity contribution in [3.63, 3.8) is 0 Å². The Kier molecular flexibility index (Phi) is 6.92. The van der Waals surface area contributed by atoms with Gasteiger partial charge in [0.1, 0.15) is 23.0 Å². The molecule has 1 aliphatic heterocycles. The first-order valence-electron chi connectivity index (χ1n) is 18.3. The van der Waals surface area contributed by atoms with Crippen LogP contribution >= 0.6 is 0 Å². The Labute approximate surface area is 311 Å². The molecule has 9 aromatic rings. The van der Waals surface area contributed by atoms with E-state index in [0.717, 1.165) is 66.6 Å². The Hall–Kier alpha value is -7.11. The van der Waals surface area contributed by atoms with Crippen LogP contribution < -0.4 is 4.74 Å². The second-order valence-corrected chi connectivity index (χ2v) is 13.9. The van der Waals surface area contributed by atoms with Crippen LogP contribution in [0.3, 0.4) is 0 Å². The van der Waals surface area contributed by atoms with Crippen molar-refractivity contribution in [2.45, 2.75) is 12.0 Å². The summed E-state index contributed by atoms with van der Waals surface area (Å²) in [7, 11) is 0. The number of nitrogens with zero attached hydrogens (tertiary/aromatic N) is 3. The van der Waals surface area contributed by atoms with Crippen LogP contribution in [0.1, 0.15) is 22.6 Å². The van der Waals surface area contributed by atoms with Crippen molar-refractivity contribution >= 4 is 28.0 Å². The summed E-state index contributed by atoms with van der Waals surface area (Å²) in [5.74, 6) is 2.87. The Morgan fingerprint density at radius 2 is 1.04 bits per heavy atom. The molecule has 0 N–H and O–H groups in total. The van der Waals surface area contributed by atoms with Gasteiger partial charge in [0, 0.05) is 44.2 Å². The molecule has 3 heterocycles. The third-order valence-electron chi connectivity index (χ3n) is 10.7. The number of ether oxygens (including phenoxy) is 1. The molecule has 0 fully saturated rings. The predicted molar refractivity (Wildman–Crippen MR) is 216 cm³/mol. The molecule has 0 amide bonds. The Bertz CT molecular complexity index is 2910. The van der Waals surface area contributed by atoms with Crippen molar-refractivity contribution in [1.29, 1.82) is 0 Å². The van der Waals surface area contributed by atoms with Gasteiger partial charge >= 0.3 is 0 Å². The van der Waals surface area contributed by atoms with Gasteiger partial charge in [-0.1, -0.05) is 164 Å². The van der Waals surface area contributed by atoms with E-state index in [4.69, 9.17) is 24.1 Å². The molecule has 11 rings (SSSR count). The van der Waals surface area contributed by atoms with E-state index in [2.05, 4.69) is 127 Å². The zero-order valence-electron chi connectivity index (χ0n) is 29.1. The van der Waals surface area contributed by atoms with Crippen LogP contribution in [0, 0.1) is 0 Å². The molecular weight excluding hydrogens is 663 g/mol. The van der Waals surface area contributed by atoms with Gasteiger partial charge in [0.15, 0.2) is 17.5 Å². The van der Waals surface area contributed by atoms with E-state index < -0.39 is 0 Å². The molecule has 0 spiro atoms. The van der Waals surface area contributed by atoms with Gasteiger partial charge in [-0.15, -0.1) is 0 Å². The van der Waals surface area contributed by atoms with Crippen LogP contribution in [0.15, 0.2) is 174 Å². The standard InChI is InChI=1S/C49H31N3O2/c1-3-12-30(13-4-1)31-24-26-34(27-25-31)48-50-47(33-15-5-2-6-16-33)51-49(52-48)40-22-11-23-41-44(40)39-21-10-19-37(46(39)53-41)36-18-9-20-38-43-35-17-8-7-14-32(35)28-29-42(43)54-45(36)38/h1-29,42-43H. The maximum absolute atomic E-state index is 6.78. The molecule has 7 aromatic carbocycles. The minimum atomic E-state index is -0.0519. The average Bonchev–Trinajstić information content (AvgIpc) is 3.83. The fourth-order valence-corrected chi connectivity index (χ4v) is 8.19. The highest BCUT2D eigenvalue weighted by molar-refractivity contribution is 6.15. The molecule has 5 heteroatoms. The molecule has 254 valence electrons. The molecule has 0 bridgehead atoms. The van der Waals surface area contributed by atoms with Crippen LogP contribution in [-0.2, 0) is 0 Å². The molecule has 0 saturated heterocycles. The normalized spacial score (nSPS) is 15.5. The van der Waals surface area contributed by atoms with Crippen molar-refractivity contribution in [3.05, 3.63) is 187 Å². The Morgan fingerprint density at radius 3 is 1.85 bits per heavy atom. The monoisotopic (exact) mass is 693 g/mol. The molecule has 2 aliphatic rings. The SMILES string of the molecule is C1=CC2Oc3c(-c4cccc5c4oc4cccc(-c6nc(-c7ccccc7)nc(-c7ccc(-c8ccccc8)cc7)n6)c45)cccc3C2c2ccccc21. The van der Waals surface area contributed by atoms with Crippen LogP contribution in [0.5, 0.6) is 5.75 Å². The smallest absolute Gasteiger partial charge is 0.164 e. The lowest BCUT2D eigenvalue weighted by Gasteiger charge is -2.22. The van der Waals surface area contributed by atoms with Gasteiger partial charge in [-0.25, -0.2) is 15.0 Å². The molecule has 2 atom stereocenters. The highest BCUT2D eigenvalue weighted by Gasteiger charge is 2.38. The van der Waals surface area contributed by atoms with Crippen molar-refractivity contribution < 1.29 is 9.15 Å². The van der Waals surface area contributed by atoms with E-state index in [-0.39, 0.29) is 12.0 Å². The van der Waals surface area contributed by atoms with Gasteiger partial charge in [-0.05, 0) is 34.4 Å². The van der Waals surface area contributed by atoms with E-state index in [1.54, 1.807) is 0 Å². The minimum Gasteiger partial charge on any atom is -0.484 e. The van der Waals surface area contributed by atoms with Crippen molar-refractivity contribution in [3.8, 4) is 62.2 Å². The molecule has 0 saturated carbocycles. The van der Waals surface area contributed by atoms with Crippen molar-refractivity contribution in [2.75, 3.05) is 0 Å². The van der Waals surface area contributed by atoms with E-state index in [1.807, 2.05) is 48.5 Å². The van der Waals surface area contributed by atoms with Gasteiger partial charge in [-0.3, -0.25) is 0 Å². The molecule has 1 aliphatic carbocycles. The second-order valence-electron chi connectivity index (χ2n) is 13.9. The van der Waals surface area contributed by atoms with E-state index in [1.165, 1.54) is 16.7 Å². The number of hydrogen-bond donors (Lipinski definition) is 0. The molecular formula is C49H31N3O2. The van der Waals surface area contributed by atoms with Gasteiger partial charge in [0.05, 0.1) is 5.92 Å². The number of fused-ring (bicyclic) bond motifs is 8. The third-order valence-corrected chi connectivity index (χ3v) is 10.7. The summed E-state index contributed by atoms with van der Waals surface area (Å²) in [4.78, 5) is 15.2. The third kappa shape index (κ3) is 4.90. The van der Waals surface area contributed by atoms with Crippen molar-refractivity contribution in [1.82, 2.24) is 15.0 Å². The van der Waals surface area contributed by atoms with Gasteiger partial charge in [0.2, 0.25) is 0 Å². The van der Waals surface area contributed by atoms with Crippen LogP contribution in [-0.4, -0.2) is 21.1 Å². The molecule has 2 aromatic heterocycles. The Morgan fingerprint density at radius 1 is 0.444 bits per heavy atom. The number of aromatic nitrogens is 3. The first kappa shape index (κ1) is 30.5. The molecule has 2 unspecified atom stereocenters. The van der Waals surface area contributed by atoms with Gasteiger partial charge in [0.25, 0.3) is 0 Å². The lowest BCUT2D eigenvalue weighted by molar-refractivity contribution is 0.268. The summed E-state index contributed by atoms with van der Waals surface area (Å²) < 4.78 is 13.5. The Balaban J connectivity index is 1.06. The van der Waals surface area contributed by atoms with E-state index in [0.29, 0.717) is 17.5 Å². The second kappa shape index (κ2) is 12.2. The summed E-state index contributed by atoms with van der Waals surface area (Å²) in [5.41, 5.74) is 12.3. The summed E-state index contributed by atoms with van der Waals surface area (Å²) >= 11 is 0. The number of rotatable bonds is 5. The molecule has 5 nitrogen and oxygen atoms in total. The number of benzene rings is 7. The van der Waals surface area contributed by atoms with Gasteiger partial charge in [-0.2, -0.15) is 0 Å². The summed E-state index contributed by atoms with van der Waals surface area (Å²) in [6.45, 7) is 0. The maximum atomic E-state index is 6.78. The highest BCUT2D eigenvalue weighted by Crippen LogP contribution is 2.51.